The Morgan fingerprint density at radius 3 is 2.62 bits per heavy atom. The summed E-state index contributed by atoms with van der Waals surface area (Å²) in [6, 6.07) is 18.2. The van der Waals surface area contributed by atoms with Gasteiger partial charge in [-0.15, -0.1) is 0 Å². The molecule has 1 aliphatic carbocycles. The number of carbonyl (C=O) groups excluding carboxylic acids is 1. The van der Waals surface area contributed by atoms with Crippen molar-refractivity contribution in [2.24, 2.45) is 0 Å². The molecule has 2 fully saturated rings. The summed E-state index contributed by atoms with van der Waals surface area (Å²) < 4.78 is 18.6. The molecule has 9 nitrogen and oxygen atoms in total. The summed E-state index contributed by atoms with van der Waals surface area (Å²) in [5.74, 6) is 0.710. The number of anilines is 1. The largest absolute Gasteiger partial charge is 0.381 e. The average Bonchev–Trinajstić information content (AvgIpc) is 3.46. The molecule has 1 saturated carbocycles. The Balaban J connectivity index is 1.14. The summed E-state index contributed by atoms with van der Waals surface area (Å²) in [7, 11) is 0. The fourth-order valence-electron chi connectivity index (χ4n) is 4.79. The van der Waals surface area contributed by atoms with Crippen LogP contribution in [0.3, 0.4) is 0 Å². The van der Waals surface area contributed by atoms with Crippen LogP contribution in [-0.4, -0.2) is 65.6 Å². The van der Waals surface area contributed by atoms with Crippen LogP contribution in [0, 0.1) is 0 Å². The van der Waals surface area contributed by atoms with Crippen LogP contribution in [-0.2, 0) is 14.2 Å². The minimum atomic E-state index is -0.0179. The number of hydrogen-bond acceptors (Lipinski definition) is 7. The van der Waals surface area contributed by atoms with E-state index in [1.807, 2.05) is 54.9 Å². The van der Waals surface area contributed by atoms with Gasteiger partial charge in [0.05, 0.1) is 30.3 Å². The average molecular weight is 542 g/mol. The van der Waals surface area contributed by atoms with E-state index in [1.54, 1.807) is 0 Å². The second-order valence-electron chi connectivity index (χ2n) is 10.3. The fourth-order valence-corrected chi connectivity index (χ4v) is 4.79. The van der Waals surface area contributed by atoms with Gasteiger partial charge in [0.25, 0.3) is 5.91 Å². The summed E-state index contributed by atoms with van der Waals surface area (Å²) >= 11 is 0. The van der Waals surface area contributed by atoms with Crippen LogP contribution in [0.1, 0.15) is 42.5 Å². The molecule has 4 aromatic rings. The lowest BCUT2D eigenvalue weighted by Crippen LogP contribution is -2.25. The maximum Gasteiger partial charge on any atom is 0.251 e. The second kappa shape index (κ2) is 12.6. The van der Waals surface area contributed by atoms with E-state index in [0.717, 1.165) is 72.7 Å². The summed E-state index contributed by atoms with van der Waals surface area (Å²) in [4.78, 5) is 22.1. The van der Waals surface area contributed by atoms with Crippen LogP contribution in [0.5, 0.6) is 0 Å². The number of benzene rings is 2. The number of aromatic nitrogens is 3. The van der Waals surface area contributed by atoms with Crippen molar-refractivity contribution in [1.82, 2.24) is 19.7 Å². The topological polar surface area (TPSA) is 99.0 Å². The zero-order chi connectivity index (χ0) is 27.1. The smallest absolute Gasteiger partial charge is 0.251 e. The molecule has 3 heterocycles. The molecular weight excluding hydrogens is 506 g/mol. The summed E-state index contributed by atoms with van der Waals surface area (Å²) in [6.07, 6.45) is 9.01. The highest BCUT2D eigenvalue weighted by molar-refractivity contribution is 5.95. The fraction of sp³-hybridized carbons (Fsp3) is 0.387. The number of carbonyl (C=O) groups is 1. The summed E-state index contributed by atoms with van der Waals surface area (Å²) in [6.45, 7) is 3.20. The zero-order valence-electron chi connectivity index (χ0n) is 22.6. The van der Waals surface area contributed by atoms with E-state index < -0.39 is 0 Å². The van der Waals surface area contributed by atoms with E-state index in [2.05, 4.69) is 27.2 Å². The number of hydrogen-bond donors (Lipinski definition) is 2. The van der Waals surface area contributed by atoms with Crippen LogP contribution in [0.2, 0.25) is 0 Å². The van der Waals surface area contributed by atoms with Gasteiger partial charge in [0, 0.05) is 48.7 Å². The van der Waals surface area contributed by atoms with Gasteiger partial charge in [0.15, 0.2) is 11.5 Å². The standard InChI is InChI=1S/C31H35N5O4/c37-31(34-25-13-14-25)24-11-9-23(10-12-24)28-18-33-30-29(35-27(19-36(28)30)22-6-2-1-3-7-22)32-15-5-17-38-16-4-8-26-20-39-21-40-26/h1-3,6-7,9-12,18-19,25-26H,4-5,8,13-17,20-21H2,(H,32,35)(H,34,37). The predicted octanol–water partition coefficient (Wildman–Crippen LogP) is 4.93. The molecular formula is C31H35N5O4. The molecule has 1 atom stereocenters. The minimum Gasteiger partial charge on any atom is -0.381 e. The van der Waals surface area contributed by atoms with Gasteiger partial charge in [-0.05, 0) is 44.2 Å². The van der Waals surface area contributed by atoms with Gasteiger partial charge in [-0.25, -0.2) is 9.97 Å². The Kier molecular flexibility index (Phi) is 8.32. The third kappa shape index (κ3) is 6.50. The number of rotatable bonds is 13. The van der Waals surface area contributed by atoms with Crippen molar-refractivity contribution in [3.63, 3.8) is 0 Å². The van der Waals surface area contributed by atoms with E-state index >= 15 is 0 Å². The summed E-state index contributed by atoms with van der Waals surface area (Å²) in [5, 5.41) is 6.53. The molecule has 2 aromatic carbocycles. The maximum absolute atomic E-state index is 12.4. The quantitative estimate of drug-likeness (QED) is 0.232. The molecule has 9 heteroatoms. The lowest BCUT2D eigenvalue weighted by Gasteiger charge is -2.12. The first-order valence-electron chi connectivity index (χ1n) is 14.1. The van der Waals surface area contributed by atoms with Crippen molar-refractivity contribution < 1.29 is 19.0 Å². The molecule has 1 unspecified atom stereocenters. The molecule has 0 bridgehead atoms. The van der Waals surface area contributed by atoms with Crippen molar-refractivity contribution in [3.05, 3.63) is 72.6 Å². The highest BCUT2D eigenvalue weighted by Crippen LogP contribution is 2.28. The van der Waals surface area contributed by atoms with Crippen LogP contribution in [0.15, 0.2) is 67.0 Å². The predicted molar refractivity (Wildman–Crippen MR) is 153 cm³/mol. The molecule has 6 rings (SSSR count). The van der Waals surface area contributed by atoms with E-state index in [9.17, 15) is 4.79 Å². The number of nitrogens with one attached hydrogen (secondary N) is 2. The van der Waals surface area contributed by atoms with Crippen molar-refractivity contribution in [2.75, 3.05) is 38.5 Å². The molecule has 1 amide bonds. The van der Waals surface area contributed by atoms with Gasteiger partial charge in [-0.3, -0.25) is 9.20 Å². The third-order valence-electron chi connectivity index (χ3n) is 7.18. The van der Waals surface area contributed by atoms with Gasteiger partial charge in [0.2, 0.25) is 0 Å². The molecule has 0 spiro atoms. The van der Waals surface area contributed by atoms with Crippen molar-refractivity contribution >= 4 is 17.4 Å². The third-order valence-corrected chi connectivity index (χ3v) is 7.18. The van der Waals surface area contributed by atoms with E-state index in [1.165, 1.54) is 0 Å². The first kappa shape index (κ1) is 26.4. The summed E-state index contributed by atoms with van der Waals surface area (Å²) in [5.41, 5.74) is 5.22. The SMILES string of the molecule is O=C(NC1CC1)c1ccc(-c2cnc3c(NCCCOCCCC4COCO4)nc(-c4ccccc4)cn23)cc1. The molecule has 2 aromatic heterocycles. The highest BCUT2D eigenvalue weighted by atomic mass is 16.7. The number of amides is 1. The van der Waals surface area contributed by atoms with Crippen molar-refractivity contribution in [3.8, 4) is 22.5 Å². The molecule has 40 heavy (non-hydrogen) atoms. The van der Waals surface area contributed by atoms with E-state index in [0.29, 0.717) is 38.2 Å². The molecule has 208 valence electrons. The highest BCUT2D eigenvalue weighted by Gasteiger charge is 2.24. The number of ether oxygens (including phenoxy) is 3. The Morgan fingerprint density at radius 2 is 1.85 bits per heavy atom. The van der Waals surface area contributed by atoms with E-state index in [4.69, 9.17) is 24.2 Å². The van der Waals surface area contributed by atoms with Crippen LogP contribution >= 0.6 is 0 Å². The lowest BCUT2D eigenvalue weighted by atomic mass is 10.1. The molecule has 2 aliphatic rings. The monoisotopic (exact) mass is 541 g/mol. The second-order valence-corrected chi connectivity index (χ2v) is 10.3. The van der Waals surface area contributed by atoms with Crippen LogP contribution < -0.4 is 10.6 Å². The molecule has 1 aliphatic heterocycles. The van der Waals surface area contributed by atoms with Gasteiger partial charge >= 0.3 is 0 Å². The first-order chi connectivity index (χ1) is 19.7. The van der Waals surface area contributed by atoms with Gasteiger partial charge in [-0.2, -0.15) is 0 Å². The molecule has 1 saturated heterocycles. The normalized spacial score (nSPS) is 16.9. The van der Waals surface area contributed by atoms with Crippen molar-refractivity contribution in [2.45, 2.75) is 44.2 Å². The number of fused-ring (bicyclic) bond motifs is 1. The van der Waals surface area contributed by atoms with Gasteiger partial charge in [-0.1, -0.05) is 42.5 Å². The van der Waals surface area contributed by atoms with Gasteiger partial charge < -0.3 is 24.8 Å². The van der Waals surface area contributed by atoms with Crippen LogP contribution in [0.4, 0.5) is 5.82 Å². The Hall–Kier alpha value is -3.79. The van der Waals surface area contributed by atoms with Crippen molar-refractivity contribution in [1.29, 1.82) is 0 Å². The molecule has 0 radical (unpaired) electrons. The number of imidazole rings is 1. The first-order valence-corrected chi connectivity index (χ1v) is 14.1. The Bertz CT molecular complexity index is 1410. The Labute approximate surface area is 233 Å². The number of nitrogens with zero attached hydrogens (tertiary/aromatic N) is 3. The van der Waals surface area contributed by atoms with Crippen LogP contribution in [0.25, 0.3) is 28.2 Å². The Morgan fingerprint density at radius 1 is 1.02 bits per heavy atom. The molecule has 2 N–H and O–H groups in total. The van der Waals surface area contributed by atoms with E-state index in [-0.39, 0.29) is 12.0 Å². The van der Waals surface area contributed by atoms with Gasteiger partial charge in [0.1, 0.15) is 6.79 Å². The minimum absolute atomic E-state index is 0.0179. The lowest BCUT2D eigenvalue weighted by molar-refractivity contribution is 0.0404. The maximum atomic E-state index is 12.4. The zero-order valence-corrected chi connectivity index (χ0v) is 22.6.